The van der Waals surface area contributed by atoms with E-state index in [9.17, 15) is 4.39 Å². The van der Waals surface area contributed by atoms with E-state index < -0.39 is 0 Å². The smallest absolute Gasteiger partial charge is 0.128 e. The van der Waals surface area contributed by atoms with Gasteiger partial charge in [-0.1, -0.05) is 13.0 Å². The molecule has 0 atom stereocenters. The van der Waals surface area contributed by atoms with Crippen molar-refractivity contribution in [2.75, 3.05) is 12.8 Å². The van der Waals surface area contributed by atoms with Gasteiger partial charge in [0.2, 0.25) is 0 Å². The van der Waals surface area contributed by atoms with Crippen molar-refractivity contribution in [3.8, 4) is 0 Å². The van der Waals surface area contributed by atoms with Gasteiger partial charge in [0.1, 0.15) is 5.82 Å². The van der Waals surface area contributed by atoms with Crippen LogP contribution < -0.4 is 5.32 Å². The average Bonchev–Trinajstić information content (AvgIpc) is 2.20. The predicted octanol–water partition coefficient (Wildman–Crippen LogP) is 3.05. The first-order valence-electron chi connectivity index (χ1n) is 4.81. The zero-order valence-electron chi connectivity index (χ0n) is 8.64. The molecule has 0 amide bonds. The molecule has 0 saturated carbocycles. The summed E-state index contributed by atoms with van der Waals surface area (Å²) < 4.78 is 13.4. The normalized spacial score (nSPS) is 10.5. The highest BCUT2D eigenvalue weighted by atomic mass is 32.2. The monoisotopic (exact) mass is 213 g/mol. The Labute approximate surface area is 89.1 Å². The van der Waals surface area contributed by atoms with Gasteiger partial charge in [-0.3, -0.25) is 0 Å². The molecule has 0 aromatic heterocycles. The fourth-order valence-corrected chi connectivity index (χ4v) is 1.92. The van der Waals surface area contributed by atoms with E-state index in [2.05, 4.69) is 12.2 Å². The Morgan fingerprint density at radius 2 is 2.21 bits per heavy atom. The Morgan fingerprint density at radius 1 is 1.43 bits per heavy atom. The first kappa shape index (κ1) is 11.5. The van der Waals surface area contributed by atoms with Crippen molar-refractivity contribution in [1.29, 1.82) is 0 Å². The molecule has 0 aliphatic rings. The van der Waals surface area contributed by atoms with E-state index in [0.717, 1.165) is 23.4 Å². The summed E-state index contributed by atoms with van der Waals surface area (Å²) in [5, 5.41) is 3.21. The molecule has 1 N–H and O–H groups in total. The maximum Gasteiger partial charge on any atom is 0.128 e. The van der Waals surface area contributed by atoms with Crippen LogP contribution in [0.2, 0.25) is 0 Å². The third-order valence-corrected chi connectivity index (χ3v) is 2.85. The molecule has 0 aliphatic carbocycles. The van der Waals surface area contributed by atoms with Crippen LogP contribution >= 0.6 is 11.8 Å². The highest BCUT2D eigenvalue weighted by Gasteiger charge is 2.06. The summed E-state index contributed by atoms with van der Waals surface area (Å²) in [5.74, 6) is -0.111. The van der Waals surface area contributed by atoms with Crippen molar-refractivity contribution in [2.45, 2.75) is 24.8 Å². The fourth-order valence-electron chi connectivity index (χ4n) is 1.29. The van der Waals surface area contributed by atoms with Gasteiger partial charge in [0.15, 0.2) is 0 Å². The number of thioether (sulfide) groups is 1. The van der Waals surface area contributed by atoms with Crippen LogP contribution in [0.15, 0.2) is 23.1 Å². The summed E-state index contributed by atoms with van der Waals surface area (Å²) in [5.41, 5.74) is 0.786. The van der Waals surface area contributed by atoms with E-state index in [1.807, 2.05) is 12.3 Å². The minimum atomic E-state index is -0.111. The Kier molecular flexibility index (Phi) is 4.98. The lowest BCUT2D eigenvalue weighted by Gasteiger charge is -2.09. The molecule has 14 heavy (non-hydrogen) atoms. The zero-order valence-corrected chi connectivity index (χ0v) is 9.46. The van der Waals surface area contributed by atoms with Gasteiger partial charge in [-0.25, -0.2) is 4.39 Å². The molecular weight excluding hydrogens is 197 g/mol. The minimum absolute atomic E-state index is 0.111. The summed E-state index contributed by atoms with van der Waals surface area (Å²) in [7, 11) is 0. The molecule has 0 bridgehead atoms. The molecule has 0 spiro atoms. The molecular formula is C11H16FNS. The largest absolute Gasteiger partial charge is 0.313 e. The molecule has 1 nitrogen and oxygen atoms in total. The lowest BCUT2D eigenvalue weighted by atomic mass is 10.2. The van der Waals surface area contributed by atoms with Crippen LogP contribution in [0.5, 0.6) is 0 Å². The Balaban J connectivity index is 2.72. The quantitative estimate of drug-likeness (QED) is 0.596. The zero-order chi connectivity index (χ0) is 10.4. The average molecular weight is 213 g/mol. The van der Waals surface area contributed by atoms with Crippen molar-refractivity contribution >= 4 is 11.8 Å². The highest BCUT2D eigenvalue weighted by molar-refractivity contribution is 7.98. The molecule has 3 heteroatoms. The number of benzene rings is 1. The Hall–Kier alpha value is -0.540. The standard InChI is InChI=1S/C11H16FNS/c1-3-7-13-8-9-10(12)5-4-6-11(9)14-2/h4-6,13H,3,7-8H2,1-2H3. The molecule has 0 radical (unpaired) electrons. The number of hydrogen-bond acceptors (Lipinski definition) is 2. The van der Waals surface area contributed by atoms with Gasteiger partial charge < -0.3 is 5.32 Å². The number of rotatable bonds is 5. The van der Waals surface area contributed by atoms with Crippen LogP contribution in [0.3, 0.4) is 0 Å². The fraction of sp³-hybridized carbons (Fsp3) is 0.455. The van der Waals surface area contributed by atoms with Gasteiger partial charge in [-0.2, -0.15) is 0 Å². The van der Waals surface area contributed by atoms with Gasteiger partial charge in [0.25, 0.3) is 0 Å². The summed E-state index contributed by atoms with van der Waals surface area (Å²) in [4.78, 5) is 1.02. The first-order valence-corrected chi connectivity index (χ1v) is 6.04. The first-order chi connectivity index (χ1) is 6.79. The molecule has 1 aromatic carbocycles. The van der Waals surface area contributed by atoms with Gasteiger partial charge in [-0.05, 0) is 31.4 Å². The number of halogens is 1. The predicted molar refractivity (Wildman–Crippen MR) is 60.2 cm³/mol. The van der Waals surface area contributed by atoms with Crippen molar-refractivity contribution in [3.63, 3.8) is 0 Å². The molecule has 1 aromatic rings. The summed E-state index contributed by atoms with van der Waals surface area (Å²) in [6, 6.07) is 5.23. The van der Waals surface area contributed by atoms with E-state index in [1.165, 1.54) is 6.07 Å². The Morgan fingerprint density at radius 3 is 2.86 bits per heavy atom. The van der Waals surface area contributed by atoms with Crippen LogP contribution in [-0.2, 0) is 6.54 Å². The van der Waals surface area contributed by atoms with Gasteiger partial charge in [-0.15, -0.1) is 11.8 Å². The molecule has 0 aliphatic heterocycles. The van der Waals surface area contributed by atoms with E-state index in [-0.39, 0.29) is 5.82 Å². The van der Waals surface area contributed by atoms with E-state index in [0.29, 0.717) is 6.54 Å². The van der Waals surface area contributed by atoms with Crippen molar-refractivity contribution in [3.05, 3.63) is 29.6 Å². The van der Waals surface area contributed by atoms with Crippen LogP contribution in [0, 0.1) is 5.82 Å². The number of nitrogens with one attached hydrogen (secondary N) is 1. The molecule has 0 heterocycles. The summed E-state index contributed by atoms with van der Waals surface area (Å²) in [6.45, 7) is 3.66. The second-order valence-corrected chi connectivity index (χ2v) is 3.95. The highest BCUT2D eigenvalue weighted by Crippen LogP contribution is 2.22. The van der Waals surface area contributed by atoms with E-state index in [4.69, 9.17) is 0 Å². The van der Waals surface area contributed by atoms with Crippen LogP contribution in [0.4, 0.5) is 4.39 Å². The number of hydrogen-bond donors (Lipinski definition) is 1. The van der Waals surface area contributed by atoms with Crippen molar-refractivity contribution in [1.82, 2.24) is 5.32 Å². The lowest BCUT2D eigenvalue weighted by molar-refractivity contribution is 0.579. The summed E-state index contributed by atoms with van der Waals surface area (Å²) in [6.07, 6.45) is 3.04. The second kappa shape index (κ2) is 6.04. The lowest BCUT2D eigenvalue weighted by Crippen LogP contribution is -2.15. The van der Waals surface area contributed by atoms with Crippen LogP contribution in [0.25, 0.3) is 0 Å². The van der Waals surface area contributed by atoms with Crippen LogP contribution in [-0.4, -0.2) is 12.8 Å². The second-order valence-electron chi connectivity index (χ2n) is 3.10. The third kappa shape index (κ3) is 3.00. The van der Waals surface area contributed by atoms with Gasteiger partial charge >= 0.3 is 0 Å². The van der Waals surface area contributed by atoms with Gasteiger partial charge in [0, 0.05) is 17.0 Å². The molecule has 0 unspecified atom stereocenters. The SMILES string of the molecule is CCCNCc1c(F)cccc1SC. The minimum Gasteiger partial charge on any atom is -0.313 e. The van der Waals surface area contributed by atoms with E-state index in [1.54, 1.807) is 17.8 Å². The van der Waals surface area contributed by atoms with Crippen molar-refractivity contribution in [2.24, 2.45) is 0 Å². The third-order valence-electron chi connectivity index (χ3n) is 2.02. The van der Waals surface area contributed by atoms with Gasteiger partial charge in [0.05, 0.1) is 0 Å². The Bertz CT molecular complexity index is 289. The van der Waals surface area contributed by atoms with E-state index >= 15 is 0 Å². The topological polar surface area (TPSA) is 12.0 Å². The maximum atomic E-state index is 13.4. The molecule has 0 fully saturated rings. The van der Waals surface area contributed by atoms with Crippen LogP contribution in [0.1, 0.15) is 18.9 Å². The molecule has 1 rings (SSSR count). The molecule has 0 saturated heterocycles. The summed E-state index contributed by atoms with van der Waals surface area (Å²) >= 11 is 1.59. The molecule has 78 valence electrons. The maximum absolute atomic E-state index is 13.4. The van der Waals surface area contributed by atoms with Crippen molar-refractivity contribution < 1.29 is 4.39 Å².